The maximum absolute atomic E-state index is 15.2. The van der Waals surface area contributed by atoms with Gasteiger partial charge in [0.05, 0.1) is 6.10 Å². The molecule has 4 aliphatic rings. The molecule has 0 aromatic heterocycles. The number of carbonyl (C=O) groups is 2. The molecule has 0 aliphatic heterocycles. The van der Waals surface area contributed by atoms with Crippen LogP contribution < -0.4 is 0 Å². The normalized spacial score (nSPS) is 54.0. The Bertz CT molecular complexity index is 772. The number of alkyl halides is 1. The summed E-state index contributed by atoms with van der Waals surface area (Å²) in [4.78, 5) is 24.3. The highest BCUT2D eigenvalue weighted by Crippen LogP contribution is 2.68. The summed E-state index contributed by atoms with van der Waals surface area (Å²) in [7, 11) is 0. The first-order chi connectivity index (χ1) is 12.5. The van der Waals surface area contributed by atoms with Crippen molar-refractivity contribution in [3.05, 3.63) is 23.8 Å². The molecule has 4 rings (SSSR count). The standard InChI is InChI=1S/C22H29FO4/c1-11-7-15-14-9-17(23)16-8-13(25)5-6-20(16,3)19(14)18(26)10-21(15,4)22(11,27)12(2)24/h5-6,8,11,14-15,17-19,26-27H,7,9-10H2,1-4H3/t11-,14?,15+,17+,18+,19?,20?,21?,22+/m1/s1. The maximum atomic E-state index is 15.2. The lowest BCUT2D eigenvalue weighted by Gasteiger charge is -2.60. The third-order valence-corrected chi connectivity index (χ3v) is 8.59. The first kappa shape index (κ1) is 19.0. The molecule has 3 saturated carbocycles. The minimum absolute atomic E-state index is 0.0440. The second kappa shape index (κ2) is 5.60. The summed E-state index contributed by atoms with van der Waals surface area (Å²) in [6.07, 6.45) is 3.78. The van der Waals surface area contributed by atoms with Gasteiger partial charge in [0.2, 0.25) is 0 Å². The zero-order valence-corrected chi connectivity index (χ0v) is 16.4. The Balaban J connectivity index is 1.82. The first-order valence-electron chi connectivity index (χ1n) is 9.97. The molecule has 5 heteroatoms. The van der Waals surface area contributed by atoms with Gasteiger partial charge in [0.15, 0.2) is 11.6 Å². The number of rotatable bonds is 1. The second-order valence-electron chi connectivity index (χ2n) is 9.77. The number of halogens is 1. The van der Waals surface area contributed by atoms with Crippen molar-refractivity contribution < 1.29 is 24.2 Å². The number of allylic oxidation sites excluding steroid dienone is 4. The van der Waals surface area contributed by atoms with E-state index >= 15 is 4.39 Å². The molecule has 4 unspecified atom stereocenters. The SMILES string of the molecule is CC(=O)[C@@]1(O)[C@H](C)C[C@H]2C3C[C@H](F)C4=CC(=O)C=CC4(C)C3[C@@H](O)CC21C. The quantitative estimate of drug-likeness (QED) is 0.738. The smallest absolute Gasteiger partial charge is 0.178 e. The summed E-state index contributed by atoms with van der Waals surface area (Å²) in [6, 6.07) is 0. The molecule has 4 aliphatic carbocycles. The third kappa shape index (κ3) is 2.16. The van der Waals surface area contributed by atoms with Gasteiger partial charge in [-0.3, -0.25) is 9.59 Å². The molecule has 4 nitrogen and oxygen atoms in total. The molecule has 3 fully saturated rings. The summed E-state index contributed by atoms with van der Waals surface area (Å²) >= 11 is 0. The van der Waals surface area contributed by atoms with E-state index in [4.69, 9.17) is 0 Å². The van der Waals surface area contributed by atoms with Crippen molar-refractivity contribution in [2.75, 3.05) is 0 Å². The fraction of sp³-hybridized carbons (Fsp3) is 0.727. The lowest BCUT2D eigenvalue weighted by molar-refractivity contribution is -0.182. The third-order valence-electron chi connectivity index (χ3n) is 8.59. The van der Waals surface area contributed by atoms with E-state index in [1.807, 2.05) is 20.8 Å². The molecule has 0 saturated heterocycles. The van der Waals surface area contributed by atoms with Gasteiger partial charge in [-0.2, -0.15) is 0 Å². The zero-order valence-electron chi connectivity index (χ0n) is 16.4. The Kier molecular flexibility index (Phi) is 3.94. The van der Waals surface area contributed by atoms with Crippen LogP contribution in [-0.2, 0) is 9.59 Å². The Morgan fingerprint density at radius 3 is 2.59 bits per heavy atom. The van der Waals surface area contributed by atoms with Gasteiger partial charge in [-0.15, -0.1) is 0 Å². The van der Waals surface area contributed by atoms with E-state index < -0.39 is 28.7 Å². The van der Waals surface area contributed by atoms with Crippen LogP contribution >= 0.6 is 0 Å². The minimum atomic E-state index is -1.50. The van der Waals surface area contributed by atoms with Gasteiger partial charge >= 0.3 is 0 Å². The second-order valence-corrected chi connectivity index (χ2v) is 9.77. The van der Waals surface area contributed by atoms with Crippen molar-refractivity contribution in [3.63, 3.8) is 0 Å². The van der Waals surface area contributed by atoms with E-state index in [1.165, 1.54) is 19.1 Å². The number of hydrogen-bond donors (Lipinski definition) is 2. The van der Waals surface area contributed by atoms with Gasteiger partial charge in [-0.25, -0.2) is 4.39 Å². The number of carbonyl (C=O) groups excluding carboxylic acids is 2. The predicted octanol–water partition coefficient (Wildman–Crippen LogP) is 2.78. The highest BCUT2D eigenvalue weighted by Gasteiger charge is 2.70. The number of aliphatic hydroxyl groups excluding tert-OH is 1. The molecule has 0 spiro atoms. The van der Waals surface area contributed by atoms with Gasteiger partial charge in [-0.05, 0) is 61.7 Å². The van der Waals surface area contributed by atoms with Crippen molar-refractivity contribution in [1.82, 2.24) is 0 Å². The van der Waals surface area contributed by atoms with Crippen molar-refractivity contribution in [2.24, 2.45) is 34.5 Å². The van der Waals surface area contributed by atoms with Crippen LogP contribution in [0.1, 0.15) is 47.0 Å². The highest BCUT2D eigenvalue weighted by molar-refractivity contribution is 6.01. The van der Waals surface area contributed by atoms with Crippen LogP contribution in [-0.4, -0.2) is 39.7 Å². The Morgan fingerprint density at radius 1 is 1.30 bits per heavy atom. The zero-order chi connectivity index (χ0) is 19.9. The largest absolute Gasteiger partial charge is 0.393 e. The van der Waals surface area contributed by atoms with Gasteiger partial charge < -0.3 is 10.2 Å². The molecule has 0 radical (unpaired) electrons. The fourth-order valence-electron chi connectivity index (χ4n) is 7.42. The van der Waals surface area contributed by atoms with Crippen LogP contribution in [0.3, 0.4) is 0 Å². The topological polar surface area (TPSA) is 74.6 Å². The van der Waals surface area contributed by atoms with Crippen molar-refractivity contribution in [2.45, 2.75) is 64.8 Å². The van der Waals surface area contributed by atoms with Crippen LogP contribution in [0.25, 0.3) is 0 Å². The van der Waals surface area contributed by atoms with Crippen LogP contribution in [0.5, 0.6) is 0 Å². The molecule has 2 N–H and O–H groups in total. The van der Waals surface area contributed by atoms with Crippen molar-refractivity contribution in [1.29, 1.82) is 0 Å². The summed E-state index contributed by atoms with van der Waals surface area (Å²) < 4.78 is 15.2. The Labute approximate surface area is 159 Å². The summed E-state index contributed by atoms with van der Waals surface area (Å²) in [5.74, 6) is -1.13. The van der Waals surface area contributed by atoms with Gasteiger partial charge in [0, 0.05) is 16.7 Å². The van der Waals surface area contributed by atoms with E-state index in [1.54, 1.807) is 6.08 Å². The van der Waals surface area contributed by atoms with Crippen LogP contribution in [0.2, 0.25) is 0 Å². The lowest BCUT2D eigenvalue weighted by atomic mass is 9.46. The molecule has 148 valence electrons. The number of hydrogen-bond acceptors (Lipinski definition) is 4. The number of Topliss-reactive ketones (excluding diaryl/α,β-unsaturated/α-hetero) is 1. The van der Waals surface area contributed by atoms with E-state index in [9.17, 15) is 19.8 Å². The Morgan fingerprint density at radius 2 is 1.96 bits per heavy atom. The molecule has 0 aromatic rings. The van der Waals surface area contributed by atoms with Crippen molar-refractivity contribution in [3.8, 4) is 0 Å². The summed E-state index contributed by atoms with van der Waals surface area (Å²) in [5.41, 5.74) is -2.52. The molecule has 27 heavy (non-hydrogen) atoms. The molecule has 0 heterocycles. The molecular formula is C22H29FO4. The predicted molar refractivity (Wildman–Crippen MR) is 98.5 cm³/mol. The number of aliphatic hydroxyl groups is 2. The molecule has 9 atom stereocenters. The van der Waals surface area contributed by atoms with E-state index in [0.29, 0.717) is 18.4 Å². The van der Waals surface area contributed by atoms with Gasteiger partial charge in [-0.1, -0.05) is 26.8 Å². The molecule has 0 aromatic carbocycles. The van der Waals surface area contributed by atoms with E-state index in [-0.39, 0.29) is 41.7 Å². The average Bonchev–Trinajstić information content (AvgIpc) is 2.78. The number of fused-ring (bicyclic) bond motifs is 5. The maximum Gasteiger partial charge on any atom is 0.178 e. The fourth-order valence-corrected chi connectivity index (χ4v) is 7.42. The van der Waals surface area contributed by atoms with Crippen LogP contribution in [0.15, 0.2) is 23.8 Å². The minimum Gasteiger partial charge on any atom is -0.393 e. The van der Waals surface area contributed by atoms with Gasteiger partial charge in [0.1, 0.15) is 11.8 Å². The first-order valence-corrected chi connectivity index (χ1v) is 9.97. The van der Waals surface area contributed by atoms with E-state index in [0.717, 1.165) is 0 Å². The lowest BCUT2D eigenvalue weighted by Crippen LogP contribution is -2.62. The number of ketones is 2. The molecule has 0 amide bonds. The average molecular weight is 376 g/mol. The van der Waals surface area contributed by atoms with Crippen LogP contribution in [0, 0.1) is 34.5 Å². The molecular weight excluding hydrogens is 347 g/mol. The highest BCUT2D eigenvalue weighted by atomic mass is 19.1. The van der Waals surface area contributed by atoms with Crippen LogP contribution in [0.4, 0.5) is 4.39 Å². The van der Waals surface area contributed by atoms with Crippen molar-refractivity contribution >= 4 is 11.6 Å². The van der Waals surface area contributed by atoms with Gasteiger partial charge in [0.25, 0.3) is 0 Å². The summed E-state index contributed by atoms with van der Waals surface area (Å²) in [5, 5.41) is 22.6. The summed E-state index contributed by atoms with van der Waals surface area (Å²) in [6.45, 7) is 7.10. The monoisotopic (exact) mass is 376 g/mol. The Hall–Kier alpha value is -1.33. The van der Waals surface area contributed by atoms with E-state index in [2.05, 4.69) is 0 Å². The molecule has 0 bridgehead atoms.